The number of para-hydroxylation sites is 1. The summed E-state index contributed by atoms with van der Waals surface area (Å²) in [5, 5.41) is 4.04. The topological polar surface area (TPSA) is 43.3 Å². The van der Waals surface area contributed by atoms with Gasteiger partial charge in [-0.25, -0.2) is 0 Å². The SMILES string of the molecule is COc1cccc2ccn(CC(=O)NCCC(C)C)c12. The van der Waals surface area contributed by atoms with Crippen molar-refractivity contribution in [2.75, 3.05) is 13.7 Å². The van der Waals surface area contributed by atoms with Crippen LogP contribution in [0.3, 0.4) is 0 Å². The van der Waals surface area contributed by atoms with Crippen molar-refractivity contribution < 1.29 is 9.53 Å². The number of amides is 1. The molecule has 0 unspecified atom stereocenters. The lowest BCUT2D eigenvalue weighted by Gasteiger charge is -2.10. The van der Waals surface area contributed by atoms with E-state index in [0.717, 1.165) is 29.6 Å². The Morgan fingerprint density at radius 3 is 2.85 bits per heavy atom. The van der Waals surface area contributed by atoms with Crippen LogP contribution in [0.15, 0.2) is 30.5 Å². The van der Waals surface area contributed by atoms with Crippen LogP contribution in [0.2, 0.25) is 0 Å². The number of fused-ring (bicyclic) bond motifs is 1. The van der Waals surface area contributed by atoms with Crippen molar-refractivity contribution in [3.05, 3.63) is 30.5 Å². The highest BCUT2D eigenvalue weighted by Gasteiger charge is 2.09. The fraction of sp³-hybridized carbons (Fsp3) is 0.438. The summed E-state index contributed by atoms with van der Waals surface area (Å²) >= 11 is 0. The van der Waals surface area contributed by atoms with Gasteiger partial charge in [-0.3, -0.25) is 4.79 Å². The molecule has 0 aliphatic carbocycles. The summed E-state index contributed by atoms with van der Waals surface area (Å²) in [5.74, 6) is 1.43. The highest BCUT2D eigenvalue weighted by molar-refractivity contribution is 5.87. The maximum absolute atomic E-state index is 12.0. The second-order valence-electron chi connectivity index (χ2n) is 5.37. The Balaban J connectivity index is 2.08. The molecule has 108 valence electrons. The van der Waals surface area contributed by atoms with Crippen LogP contribution >= 0.6 is 0 Å². The molecule has 1 aromatic heterocycles. The maximum atomic E-state index is 12.0. The van der Waals surface area contributed by atoms with Gasteiger partial charge in [-0.15, -0.1) is 0 Å². The first-order valence-electron chi connectivity index (χ1n) is 7.00. The van der Waals surface area contributed by atoms with Crippen LogP contribution in [-0.4, -0.2) is 24.1 Å². The minimum atomic E-state index is 0.0362. The number of benzene rings is 1. The van der Waals surface area contributed by atoms with E-state index in [2.05, 4.69) is 19.2 Å². The molecule has 0 radical (unpaired) electrons. The number of hydrogen-bond donors (Lipinski definition) is 1. The number of methoxy groups -OCH3 is 1. The molecule has 0 aliphatic rings. The van der Waals surface area contributed by atoms with E-state index in [-0.39, 0.29) is 5.91 Å². The molecule has 0 fully saturated rings. The molecule has 0 aliphatic heterocycles. The van der Waals surface area contributed by atoms with E-state index in [4.69, 9.17) is 4.74 Å². The van der Waals surface area contributed by atoms with Crippen LogP contribution < -0.4 is 10.1 Å². The lowest BCUT2D eigenvalue weighted by molar-refractivity contribution is -0.121. The minimum absolute atomic E-state index is 0.0362. The second-order valence-corrected chi connectivity index (χ2v) is 5.37. The van der Waals surface area contributed by atoms with Crippen molar-refractivity contribution in [2.24, 2.45) is 5.92 Å². The molecule has 0 atom stereocenters. The van der Waals surface area contributed by atoms with Crippen molar-refractivity contribution in [1.29, 1.82) is 0 Å². The van der Waals surface area contributed by atoms with Crippen LogP contribution in [0.25, 0.3) is 10.9 Å². The summed E-state index contributed by atoms with van der Waals surface area (Å²) in [6.07, 6.45) is 2.93. The van der Waals surface area contributed by atoms with Crippen LogP contribution in [0.1, 0.15) is 20.3 Å². The summed E-state index contributed by atoms with van der Waals surface area (Å²) in [6, 6.07) is 7.88. The fourth-order valence-corrected chi connectivity index (χ4v) is 2.23. The number of nitrogens with zero attached hydrogens (tertiary/aromatic N) is 1. The maximum Gasteiger partial charge on any atom is 0.239 e. The highest BCUT2D eigenvalue weighted by atomic mass is 16.5. The lowest BCUT2D eigenvalue weighted by Crippen LogP contribution is -2.28. The van der Waals surface area contributed by atoms with E-state index in [1.165, 1.54) is 0 Å². The number of hydrogen-bond acceptors (Lipinski definition) is 2. The van der Waals surface area contributed by atoms with Crippen molar-refractivity contribution >= 4 is 16.8 Å². The van der Waals surface area contributed by atoms with Gasteiger partial charge in [0.15, 0.2) is 0 Å². The largest absolute Gasteiger partial charge is 0.495 e. The molecule has 1 amide bonds. The van der Waals surface area contributed by atoms with Crippen LogP contribution in [0.5, 0.6) is 5.75 Å². The van der Waals surface area contributed by atoms with Crippen LogP contribution in [0.4, 0.5) is 0 Å². The zero-order valence-corrected chi connectivity index (χ0v) is 12.3. The first-order valence-corrected chi connectivity index (χ1v) is 7.00. The van der Waals surface area contributed by atoms with E-state index >= 15 is 0 Å². The Labute approximate surface area is 119 Å². The summed E-state index contributed by atoms with van der Waals surface area (Å²) in [7, 11) is 1.65. The summed E-state index contributed by atoms with van der Waals surface area (Å²) in [4.78, 5) is 12.0. The highest BCUT2D eigenvalue weighted by Crippen LogP contribution is 2.26. The van der Waals surface area contributed by atoms with E-state index in [9.17, 15) is 4.79 Å². The average Bonchev–Trinajstić information content (AvgIpc) is 2.81. The zero-order chi connectivity index (χ0) is 14.5. The van der Waals surface area contributed by atoms with E-state index in [0.29, 0.717) is 12.5 Å². The molecule has 0 saturated heterocycles. The Kier molecular flexibility index (Phi) is 4.66. The van der Waals surface area contributed by atoms with Gasteiger partial charge in [-0.1, -0.05) is 26.0 Å². The van der Waals surface area contributed by atoms with Crippen molar-refractivity contribution in [3.63, 3.8) is 0 Å². The molecule has 0 spiro atoms. The zero-order valence-electron chi connectivity index (χ0n) is 12.3. The van der Waals surface area contributed by atoms with Crippen molar-refractivity contribution in [3.8, 4) is 5.75 Å². The van der Waals surface area contributed by atoms with Gasteiger partial charge >= 0.3 is 0 Å². The van der Waals surface area contributed by atoms with Crippen molar-refractivity contribution in [2.45, 2.75) is 26.8 Å². The molecule has 20 heavy (non-hydrogen) atoms. The number of carbonyl (C=O) groups excluding carboxylic acids is 1. The average molecular weight is 274 g/mol. The molecular weight excluding hydrogens is 252 g/mol. The molecule has 2 aromatic rings. The molecular formula is C16H22N2O2. The van der Waals surface area contributed by atoms with Gasteiger partial charge in [0.1, 0.15) is 12.3 Å². The normalized spacial score (nSPS) is 11.0. The summed E-state index contributed by atoms with van der Waals surface area (Å²) < 4.78 is 7.30. The quantitative estimate of drug-likeness (QED) is 0.880. The second kappa shape index (κ2) is 6.46. The Morgan fingerprint density at radius 2 is 2.15 bits per heavy atom. The summed E-state index contributed by atoms with van der Waals surface area (Å²) in [5.41, 5.74) is 0.967. The van der Waals surface area contributed by atoms with Crippen molar-refractivity contribution in [1.82, 2.24) is 9.88 Å². The van der Waals surface area contributed by atoms with Gasteiger partial charge in [0.05, 0.1) is 12.6 Å². The lowest BCUT2D eigenvalue weighted by atomic mass is 10.1. The number of ether oxygens (including phenoxy) is 1. The molecule has 0 bridgehead atoms. The Bertz CT molecular complexity index is 587. The number of rotatable bonds is 6. The smallest absolute Gasteiger partial charge is 0.239 e. The third-order valence-corrected chi connectivity index (χ3v) is 3.33. The standard InChI is InChI=1S/C16H22N2O2/c1-12(2)7-9-17-15(19)11-18-10-8-13-5-4-6-14(20-3)16(13)18/h4-6,8,10,12H,7,9,11H2,1-3H3,(H,17,19). The van der Waals surface area contributed by atoms with E-state index < -0.39 is 0 Å². The van der Waals surface area contributed by atoms with E-state index in [1.54, 1.807) is 7.11 Å². The monoisotopic (exact) mass is 274 g/mol. The molecule has 0 saturated carbocycles. The molecule has 1 heterocycles. The first kappa shape index (κ1) is 14.4. The third kappa shape index (κ3) is 3.32. The van der Waals surface area contributed by atoms with Gasteiger partial charge in [0.25, 0.3) is 0 Å². The van der Waals surface area contributed by atoms with Gasteiger partial charge < -0.3 is 14.6 Å². The molecule has 1 aromatic carbocycles. The molecule has 2 rings (SSSR count). The Morgan fingerprint density at radius 1 is 1.35 bits per heavy atom. The predicted molar refractivity (Wildman–Crippen MR) is 81.0 cm³/mol. The predicted octanol–water partition coefficient (Wildman–Crippen LogP) is 2.81. The molecule has 4 nitrogen and oxygen atoms in total. The van der Waals surface area contributed by atoms with Gasteiger partial charge in [0.2, 0.25) is 5.91 Å². The summed E-state index contributed by atoms with van der Waals surface area (Å²) in [6.45, 7) is 5.35. The van der Waals surface area contributed by atoms with Gasteiger partial charge in [-0.2, -0.15) is 0 Å². The number of carbonyl (C=O) groups is 1. The minimum Gasteiger partial charge on any atom is -0.495 e. The number of nitrogens with one attached hydrogen (secondary N) is 1. The number of aromatic nitrogens is 1. The van der Waals surface area contributed by atoms with Gasteiger partial charge in [0, 0.05) is 18.1 Å². The van der Waals surface area contributed by atoms with Crippen LogP contribution in [0, 0.1) is 5.92 Å². The Hall–Kier alpha value is -1.97. The molecule has 4 heteroatoms. The third-order valence-electron chi connectivity index (χ3n) is 3.33. The fourth-order valence-electron chi connectivity index (χ4n) is 2.23. The van der Waals surface area contributed by atoms with Gasteiger partial charge in [-0.05, 0) is 24.5 Å². The molecule has 1 N–H and O–H groups in total. The first-order chi connectivity index (χ1) is 9.61. The van der Waals surface area contributed by atoms with E-state index in [1.807, 2.05) is 35.0 Å². The van der Waals surface area contributed by atoms with Crippen LogP contribution in [-0.2, 0) is 11.3 Å².